The summed E-state index contributed by atoms with van der Waals surface area (Å²) < 4.78 is 0. The predicted molar refractivity (Wildman–Crippen MR) is 110 cm³/mol. The van der Waals surface area contributed by atoms with Crippen LogP contribution in [0.25, 0.3) is 0 Å². The summed E-state index contributed by atoms with van der Waals surface area (Å²) in [6.45, 7) is 0.353. The van der Waals surface area contributed by atoms with E-state index in [0.29, 0.717) is 17.8 Å². The largest absolute Gasteiger partial charge is 0.545 e. The van der Waals surface area contributed by atoms with Crippen molar-refractivity contribution in [2.75, 3.05) is 11.2 Å². The van der Waals surface area contributed by atoms with Crippen LogP contribution in [-0.2, 0) is 6.54 Å². The molecule has 0 aromatic heterocycles. The fraction of sp³-hybridized carbons (Fsp3) is 0.0909. The Morgan fingerprint density at radius 3 is 2.50 bits per heavy atom. The number of rotatable bonds is 4. The fourth-order valence-corrected chi connectivity index (χ4v) is 4.58. The third kappa shape index (κ3) is 3.53. The molecule has 0 atom stereocenters. The van der Waals surface area contributed by atoms with Gasteiger partial charge in [0.25, 0.3) is 5.91 Å². The van der Waals surface area contributed by atoms with Gasteiger partial charge in [-0.25, -0.2) is 0 Å². The molecular weight excluding hydrogens is 390 g/mol. The summed E-state index contributed by atoms with van der Waals surface area (Å²) in [6.07, 6.45) is 2.01. The molecule has 1 aliphatic rings. The molecule has 3 aromatic rings. The SMILES string of the molecule is CSc1ccc(CN2C(=O)c3ccccc3Sc3ccc(C(=O)[O-])cc32)cc1. The number of benzene rings is 3. The number of carbonyl (C=O) groups is 2. The van der Waals surface area contributed by atoms with Gasteiger partial charge in [-0.1, -0.05) is 42.1 Å². The number of carboxylic acids is 1. The van der Waals surface area contributed by atoms with Crippen LogP contribution in [0.15, 0.2) is 81.4 Å². The van der Waals surface area contributed by atoms with E-state index in [4.69, 9.17) is 0 Å². The van der Waals surface area contributed by atoms with Gasteiger partial charge >= 0.3 is 0 Å². The van der Waals surface area contributed by atoms with Crippen LogP contribution in [0.4, 0.5) is 5.69 Å². The molecule has 0 bridgehead atoms. The highest BCUT2D eigenvalue weighted by molar-refractivity contribution is 7.99. The minimum Gasteiger partial charge on any atom is -0.545 e. The number of hydrogen-bond acceptors (Lipinski definition) is 5. The van der Waals surface area contributed by atoms with E-state index in [0.717, 1.165) is 20.2 Å². The summed E-state index contributed by atoms with van der Waals surface area (Å²) in [5, 5.41) is 11.4. The van der Waals surface area contributed by atoms with Crippen molar-refractivity contribution in [3.05, 3.63) is 83.4 Å². The highest BCUT2D eigenvalue weighted by atomic mass is 32.2. The second kappa shape index (κ2) is 7.73. The van der Waals surface area contributed by atoms with E-state index in [9.17, 15) is 14.7 Å². The molecule has 1 aliphatic heterocycles. The quantitative estimate of drug-likeness (QED) is 0.611. The lowest BCUT2D eigenvalue weighted by atomic mass is 10.1. The first-order chi connectivity index (χ1) is 13.6. The zero-order valence-electron chi connectivity index (χ0n) is 15.0. The first-order valence-corrected chi connectivity index (χ1v) is 10.7. The molecule has 0 saturated heterocycles. The average molecular weight is 407 g/mol. The maximum atomic E-state index is 13.4. The van der Waals surface area contributed by atoms with Gasteiger partial charge in [-0.2, -0.15) is 0 Å². The van der Waals surface area contributed by atoms with Crippen LogP contribution in [0.2, 0.25) is 0 Å². The molecule has 28 heavy (non-hydrogen) atoms. The van der Waals surface area contributed by atoms with Gasteiger partial charge in [-0.05, 0) is 53.8 Å². The Morgan fingerprint density at radius 2 is 1.79 bits per heavy atom. The number of nitrogens with zero attached hydrogens (tertiary/aromatic N) is 1. The van der Waals surface area contributed by atoms with Crippen molar-refractivity contribution in [3.8, 4) is 0 Å². The molecule has 1 amide bonds. The molecule has 4 nitrogen and oxygen atoms in total. The number of anilines is 1. The van der Waals surface area contributed by atoms with Crippen molar-refractivity contribution >= 4 is 41.1 Å². The van der Waals surface area contributed by atoms with Gasteiger partial charge in [0.2, 0.25) is 0 Å². The normalized spacial score (nSPS) is 12.9. The van der Waals surface area contributed by atoms with E-state index in [2.05, 4.69) is 0 Å². The van der Waals surface area contributed by atoms with Crippen LogP contribution in [0.3, 0.4) is 0 Å². The van der Waals surface area contributed by atoms with Gasteiger partial charge in [-0.3, -0.25) is 4.79 Å². The fourth-order valence-electron chi connectivity index (χ4n) is 3.12. The number of carboxylic acid groups (broad SMARTS) is 1. The second-order valence-electron chi connectivity index (χ2n) is 6.31. The van der Waals surface area contributed by atoms with Crippen molar-refractivity contribution in [1.82, 2.24) is 0 Å². The number of thioether (sulfide) groups is 1. The zero-order valence-corrected chi connectivity index (χ0v) is 16.7. The van der Waals surface area contributed by atoms with Crippen LogP contribution in [0.5, 0.6) is 0 Å². The Labute approximate surface area is 171 Å². The van der Waals surface area contributed by atoms with Crippen molar-refractivity contribution in [2.45, 2.75) is 21.2 Å². The topological polar surface area (TPSA) is 60.4 Å². The van der Waals surface area contributed by atoms with Crippen LogP contribution in [0.1, 0.15) is 26.3 Å². The Kier molecular flexibility index (Phi) is 5.15. The van der Waals surface area contributed by atoms with Crippen LogP contribution in [0, 0.1) is 0 Å². The minimum atomic E-state index is -1.26. The maximum absolute atomic E-state index is 13.4. The van der Waals surface area contributed by atoms with Crippen molar-refractivity contribution in [3.63, 3.8) is 0 Å². The second-order valence-corrected chi connectivity index (χ2v) is 8.27. The summed E-state index contributed by atoms with van der Waals surface area (Å²) in [6, 6.07) is 20.2. The van der Waals surface area contributed by atoms with E-state index >= 15 is 0 Å². The summed E-state index contributed by atoms with van der Waals surface area (Å²) in [7, 11) is 0. The molecule has 0 fully saturated rings. The Hall–Kier alpha value is -2.70. The summed E-state index contributed by atoms with van der Waals surface area (Å²) in [4.78, 5) is 29.2. The molecule has 6 heteroatoms. The monoisotopic (exact) mass is 406 g/mol. The van der Waals surface area contributed by atoms with Gasteiger partial charge in [0.15, 0.2) is 0 Å². The molecule has 0 N–H and O–H groups in total. The molecule has 3 aromatic carbocycles. The number of hydrogen-bond donors (Lipinski definition) is 0. The standard InChI is InChI=1S/C22H17NO3S2/c1-27-16-9-6-14(7-10-16)13-23-18-12-15(22(25)26)8-11-20(18)28-19-5-3-2-4-17(19)21(23)24/h2-12H,13H2,1H3,(H,25,26)/p-1. The highest BCUT2D eigenvalue weighted by Crippen LogP contribution is 2.42. The van der Waals surface area contributed by atoms with Crippen molar-refractivity contribution < 1.29 is 14.7 Å². The Bertz CT molecular complexity index is 1060. The molecule has 1 heterocycles. The van der Waals surface area contributed by atoms with E-state index in [1.807, 2.05) is 48.7 Å². The molecule has 0 radical (unpaired) electrons. The third-order valence-electron chi connectivity index (χ3n) is 4.57. The van der Waals surface area contributed by atoms with Gasteiger partial charge in [-0.15, -0.1) is 11.8 Å². The van der Waals surface area contributed by atoms with E-state index in [1.54, 1.807) is 28.8 Å². The van der Waals surface area contributed by atoms with Gasteiger partial charge < -0.3 is 14.8 Å². The van der Waals surface area contributed by atoms with Crippen LogP contribution >= 0.6 is 23.5 Å². The van der Waals surface area contributed by atoms with Crippen LogP contribution < -0.4 is 10.0 Å². The third-order valence-corrected chi connectivity index (χ3v) is 6.45. The summed E-state index contributed by atoms with van der Waals surface area (Å²) in [5.41, 5.74) is 2.22. The molecule has 0 saturated carbocycles. The molecule has 0 spiro atoms. The summed E-state index contributed by atoms with van der Waals surface area (Å²) in [5.74, 6) is -1.41. The lowest BCUT2D eigenvalue weighted by molar-refractivity contribution is -0.255. The number of fused-ring (bicyclic) bond motifs is 2. The first kappa shape index (κ1) is 18.7. The lowest BCUT2D eigenvalue weighted by Gasteiger charge is -2.24. The van der Waals surface area contributed by atoms with Gasteiger partial charge in [0.1, 0.15) is 0 Å². The molecule has 140 valence electrons. The van der Waals surface area contributed by atoms with Crippen LogP contribution in [-0.4, -0.2) is 18.1 Å². The zero-order chi connectivity index (χ0) is 19.7. The maximum Gasteiger partial charge on any atom is 0.259 e. The van der Waals surface area contributed by atoms with Crippen molar-refractivity contribution in [1.29, 1.82) is 0 Å². The number of aromatic carboxylic acids is 1. The lowest BCUT2D eigenvalue weighted by Crippen LogP contribution is -2.31. The highest BCUT2D eigenvalue weighted by Gasteiger charge is 2.27. The Balaban J connectivity index is 1.82. The molecule has 4 rings (SSSR count). The van der Waals surface area contributed by atoms with E-state index in [1.165, 1.54) is 23.9 Å². The predicted octanol–water partition coefficient (Wildman–Crippen LogP) is 4.08. The smallest absolute Gasteiger partial charge is 0.259 e. The molecule has 0 aliphatic carbocycles. The minimum absolute atomic E-state index is 0.0563. The molecular formula is C22H16NO3S2-. The van der Waals surface area contributed by atoms with Crippen molar-refractivity contribution in [2.24, 2.45) is 0 Å². The number of amides is 1. The summed E-state index contributed by atoms with van der Waals surface area (Å²) >= 11 is 3.12. The first-order valence-electron chi connectivity index (χ1n) is 8.64. The molecule has 0 unspecified atom stereocenters. The number of carbonyl (C=O) groups excluding carboxylic acids is 2. The van der Waals surface area contributed by atoms with E-state index in [-0.39, 0.29) is 11.5 Å². The average Bonchev–Trinajstić information content (AvgIpc) is 2.83. The van der Waals surface area contributed by atoms with Gasteiger partial charge in [0.05, 0.1) is 23.8 Å². The van der Waals surface area contributed by atoms with E-state index < -0.39 is 5.97 Å². The Morgan fingerprint density at radius 1 is 1.04 bits per heavy atom. The van der Waals surface area contributed by atoms with Gasteiger partial charge in [0, 0.05) is 14.7 Å².